The van der Waals surface area contributed by atoms with Crippen LogP contribution >= 0.6 is 11.3 Å². The number of carbonyl (C=O) groups is 2. The van der Waals surface area contributed by atoms with Crippen LogP contribution in [0.4, 0.5) is 10.1 Å². The van der Waals surface area contributed by atoms with E-state index in [1.165, 1.54) is 35.6 Å². The minimum atomic E-state index is -0.413. The number of anilines is 1. The number of halogens is 1. The number of rotatable bonds is 6. The quantitative estimate of drug-likeness (QED) is 0.630. The van der Waals surface area contributed by atoms with Crippen molar-refractivity contribution in [1.82, 2.24) is 15.1 Å². The van der Waals surface area contributed by atoms with Gasteiger partial charge >= 0.3 is 0 Å². The van der Waals surface area contributed by atoms with Gasteiger partial charge in [0, 0.05) is 12.2 Å². The Morgan fingerprint density at radius 1 is 1.16 bits per heavy atom. The molecule has 0 aliphatic carbocycles. The molecule has 1 aromatic heterocycles. The molecule has 1 unspecified atom stereocenters. The highest BCUT2D eigenvalue weighted by Crippen LogP contribution is 2.34. The molecule has 0 radical (unpaired) electrons. The zero-order valence-electron chi connectivity index (χ0n) is 16.9. The van der Waals surface area contributed by atoms with Crippen molar-refractivity contribution < 1.29 is 18.7 Å². The summed E-state index contributed by atoms with van der Waals surface area (Å²) < 4.78 is 18.2. The second-order valence-corrected chi connectivity index (χ2v) is 8.19. The van der Waals surface area contributed by atoms with Crippen molar-refractivity contribution in [2.75, 3.05) is 19.0 Å². The van der Waals surface area contributed by atoms with Gasteiger partial charge in [-0.3, -0.25) is 9.59 Å². The van der Waals surface area contributed by atoms with E-state index >= 15 is 0 Å². The highest BCUT2D eigenvalue weighted by atomic mass is 32.1. The summed E-state index contributed by atoms with van der Waals surface area (Å²) in [6.07, 6.45) is 1.94. The number of nitrogens with one attached hydrogen (secondary N) is 1. The van der Waals surface area contributed by atoms with E-state index in [1.807, 2.05) is 29.2 Å². The maximum absolute atomic E-state index is 13.0. The van der Waals surface area contributed by atoms with Crippen LogP contribution in [0, 0.1) is 5.82 Å². The van der Waals surface area contributed by atoms with Crippen molar-refractivity contribution in [2.24, 2.45) is 0 Å². The topological polar surface area (TPSA) is 84.4 Å². The van der Waals surface area contributed by atoms with Gasteiger partial charge in [0.25, 0.3) is 5.91 Å². The molecule has 1 saturated heterocycles. The van der Waals surface area contributed by atoms with Crippen LogP contribution in [0.5, 0.6) is 5.75 Å². The molecule has 0 bridgehead atoms. The SMILES string of the molecule is COc1ccc(CC(=O)N2CCCC2c2nnc(C(=O)Nc3ccc(F)cc3)s2)cc1. The first-order chi connectivity index (χ1) is 15.0. The van der Waals surface area contributed by atoms with Crippen molar-refractivity contribution in [2.45, 2.75) is 25.3 Å². The molecule has 2 amide bonds. The number of hydrogen-bond donors (Lipinski definition) is 1. The van der Waals surface area contributed by atoms with Gasteiger partial charge in [0.15, 0.2) is 0 Å². The number of carbonyl (C=O) groups excluding carboxylic acids is 2. The third-order valence-electron chi connectivity index (χ3n) is 5.11. The standard InChI is InChI=1S/C22H21FN4O3S/c1-30-17-10-4-14(5-11-17)13-19(28)27-12-2-3-18(27)21-25-26-22(31-21)20(29)24-16-8-6-15(23)7-9-16/h4-11,18H,2-3,12-13H2,1H3,(H,24,29). The first-order valence-electron chi connectivity index (χ1n) is 9.86. The molecular weight excluding hydrogens is 419 g/mol. The summed E-state index contributed by atoms with van der Waals surface area (Å²) >= 11 is 1.17. The summed E-state index contributed by atoms with van der Waals surface area (Å²) in [6.45, 7) is 0.649. The fourth-order valence-corrected chi connectivity index (χ4v) is 4.41. The van der Waals surface area contributed by atoms with Gasteiger partial charge in [-0.2, -0.15) is 0 Å². The van der Waals surface area contributed by atoms with E-state index < -0.39 is 5.91 Å². The van der Waals surface area contributed by atoms with E-state index in [1.54, 1.807) is 7.11 Å². The second kappa shape index (κ2) is 9.22. The summed E-state index contributed by atoms with van der Waals surface area (Å²) in [7, 11) is 1.60. The van der Waals surface area contributed by atoms with Gasteiger partial charge in [0.05, 0.1) is 19.6 Å². The minimum absolute atomic E-state index is 0.0141. The fraction of sp³-hybridized carbons (Fsp3) is 0.273. The molecule has 7 nitrogen and oxygen atoms in total. The highest BCUT2D eigenvalue weighted by molar-refractivity contribution is 7.13. The molecule has 160 valence electrons. The van der Waals surface area contributed by atoms with Gasteiger partial charge in [-0.25, -0.2) is 4.39 Å². The Balaban J connectivity index is 1.42. The molecular formula is C22H21FN4O3S. The summed E-state index contributed by atoms with van der Waals surface area (Å²) in [5.74, 6) is -0.0305. The summed E-state index contributed by atoms with van der Waals surface area (Å²) in [5.41, 5.74) is 1.38. The van der Waals surface area contributed by atoms with E-state index in [2.05, 4.69) is 15.5 Å². The van der Waals surface area contributed by atoms with E-state index in [9.17, 15) is 14.0 Å². The van der Waals surface area contributed by atoms with Crippen molar-refractivity contribution >= 4 is 28.8 Å². The van der Waals surface area contributed by atoms with Gasteiger partial charge in [-0.05, 0) is 54.8 Å². The maximum atomic E-state index is 13.0. The molecule has 1 aliphatic rings. The van der Waals surface area contributed by atoms with Gasteiger partial charge in [0.1, 0.15) is 16.6 Å². The number of methoxy groups -OCH3 is 1. The number of amides is 2. The number of nitrogens with zero attached hydrogens (tertiary/aromatic N) is 3. The Hall–Kier alpha value is -3.33. The molecule has 1 N–H and O–H groups in total. The fourth-order valence-electron chi connectivity index (χ4n) is 3.52. The lowest BCUT2D eigenvalue weighted by Gasteiger charge is -2.22. The van der Waals surface area contributed by atoms with Gasteiger partial charge in [-0.1, -0.05) is 23.5 Å². The first-order valence-corrected chi connectivity index (χ1v) is 10.7. The third kappa shape index (κ3) is 4.88. The molecule has 2 heterocycles. The third-order valence-corrected chi connectivity index (χ3v) is 6.13. The second-order valence-electron chi connectivity index (χ2n) is 7.18. The maximum Gasteiger partial charge on any atom is 0.286 e. The largest absolute Gasteiger partial charge is 0.497 e. The molecule has 1 atom stereocenters. The van der Waals surface area contributed by atoms with Crippen molar-refractivity contribution in [3.8, 4) is 5.75 Å². The Morgan fingerprint density at radius 3 is 2.61 bits per heavy atom. The van der Waals surface area contributed by atoms with E-state index in [4.69, 9.17) is 4.74 Å². The normalized spacial score (nSPS) is 15.7. The van der Waals surface area contributed by atoms with Gasteiger partial charge in [-0.15, -0.1) is 10.2 Å². The van der Waals surface area contributed by atoms with Crippen LogP contribution in [-0.4, -0.2) is 40.6 Å². The average Bonchev–Trinajstić information content (AvgIpc) is 3.45. The zero-order valence-corrected chi connectivity index (χ0v) is 17.7. The number of benzene rings is 2. The minimum Gasteiger partial charge on any atom is -0.497 e. The molecule has 1 aliphatic heterocycles. The molecule has 31 heavy (non-hydrogen) atoms. The molecule has 1 fully saturated rings. The van der Waals surface area contributed by atoms with Crippen molar-refractivity contribution in [1.29, 1.82) is 0 Å². The smallest absolute Gasteiger partial charge is 0.286 e. The summed E-state index contributed by atoms with van der Waals surface area (Å²) in [5, 5.41) is 11.7. The van der Waals surface area contributed by atoms with Crippen LogP contribution < -0.4 is 10.1 Å². The Labute approximate surface area is 182 Å². The van der Waals surface area contributed by atoms with E-state index in [-0.39, 0.29) is 29.2 Å². The van der Waals surface area contributed by atoms with Crippen LogP contribution in [0.3, 0.4) is 0 Å². The zero-order chi connectivity index (χ0) is 21.8. The Kier molecular flexibility index (Phi) is 6.22. The highest BCUT2D eigenvalue weighted by Gasteiger charge is 2.33. The van der Waals surface area contributed by atoms with Gasteiger partial charge in [0.2, 0.25) is 10.9 Å². The van der Waals surface area contributed by atoms with Crippen LogP contribution in [0.15, 0.2) is 48.5 Å². The summed E-state index contributed by atoms with van der Waals surface area (Å²) in [4.78, 5) is 27.2. The lowest BCUT2D eigenvalue weighted by Crippen LogP contribution is -2.31. The monoisotopic (exact) mass is 440 g/mol. The Bertz CT molecular complexity index is 1070. The van der Waals surface area contributed by atoms with Crippen LogP contribution in [-0.2, 0) is 11.2 Å². The van der Waals surface area contributed by atoms with Crippen molar-refractivity contribution in [3.63, 3.8) is 0 Å². The van der Waals surface area contributed by atoms with Crippen molar-refractivity contribution in [3.05, 3.63) is 69.9 Å². The van der Waals surface area contributed by atoms with Crippen LogP contribution in [0.1, 0.15) is 39.3 Å². The molecule has 3 aromatic rings. The van der Waals surface area contributed by atoms with E-state index in [0.29, 0.717) is 17.2 Å². The molecule has 4 rings (SSSR count). The lowest BCUT2D eigenvalue weighted by molar-refractivity contribution is -0.131. The molecule has 9 heteroatoms. The average molecular weight is 441 g/mol. The number of likely N-dealkylation sites (tertiary alicyclic amines) is 1. The number of hydrogen-bond acceptors (Lipinski definition) is 6. The van der Waals surface area contributed by atoms with E-state index in [0.717, 1.165) is 24.2 Å². The molecule has 0 spiro atoms. The number of ether oxygens (including phenoxy) is 1. The van der Waals surface area contributed by atoms with Gasteiger partial charge < -0.3 is 15.0 Å². The molecule has 0 saturated carbocycles. The predicted molar refractivity (Wildman–Crippen MR) is 115 cm³/mol. The van der Waals surface area contributed by atoms with Crippen LogP contribution in [0.25, 0.3) is 0 Å². The Morgan fingerprint density at radius 2 is 1.90 bits per heavy atom. The summed E-state index contributed by atoms with van der Waals surface area (Å²) in [6, 6.07) is 12.7. The number of aromatic nitrogens is 2. The lowest BCUT2D eigenvalue weighted by atomic mass is 10.1. The first kappa shape index (κ1) is 20.9. The van der Waals surface area contributed by atoms with Crippen LogP contribution in [0.2, 0.25) is 0 Å². The predicted octanol–water partition coefficient (Wildman–Crippen LogP) is 3.84. The molecule has 2 aromatic carbocycles.